The van der Waals surface area contributed by atoms with Crippen LogP contribution in [0.3, 0.4) is 0 Å². The van der Waals surface area contributed by atoms with Crippen molar-refractivity contribution < 1.29 is 9.21 Å². The van der Waals surface area contributed by atoms with Crippen molar-refractivity contribution in [3.63, 3.8) is 0 Å². The summed E-state index contributed by atoms with van der Waals surface area (Å²) >= 11 is 0. The Morgan fingerprint density at radius 1 is 1.23 bits per heavy atom. The quantitative estimate of drug-likeness (QED) is 0.937. The molecule has 0 aliphatic heterocycles. The highest BCUT2D eigenvalue weighted by molar-refractivity contribution is 5.79. The maximum Gasteiger partial charge on any atom is 0.226 e. The number of aromatic nitrogens is 1. The summed E-state index contributed by atoms with van der Waals surface area (Å²) in [5.74, 6) is 1.22. The van der Waals surface area contributed by atoms with Crippen LogP contribution in [0.4, 0.5) is 0 Å². The van der Waals surface area contributed by atoms with E-state index in [1.54, 1.807) is 0 Å². The minimum absolute atomic E-state index is 0.0446. The van der Waals surface area contributed by atoms with Crippen LogP contribution in [0.1, 0.15) is 44.7 Å². The molecular formula is C18H24N2O2. The van der Waals surface area contributed by atoms with E-state index in [1.807, 2.05) is 39.8 Å². The molecule has 1 aromatic heterocycles. The van der Waals surface area contributed by atoms with Gasteiger partial charge in [0.05, 0.1) is 12.1 Å². The number of oxazole rings is 1. The van der Waals surface area contributed by atoms with E-state index in [0.29, 0.717) is 17.3 Å². The number of amides is 1. The third kappa shape index (κ3) is 4.20. The number of rotatable bonds is 4. The van der Waals surface area contributed by atoms with E-state index in [9.17, 15) is 4.79 Å². The molecule has 0 atom stereocenters. The standard InChI is InChI=1S/C18H24N2O2/c1-6-13-7-9-14(10-8-13)17-19-15(12(2)22-17)11-16(21)20-18(3,4)5/h7-10H,6,11H2,1-5H3,(H,20,21). The molecule has 0 radical (unpaired) electrons. The Bertz CT molecular complexity index is 649. The molecule has 1 amide bonds. The molecule has 1 heterocycles. The lowest BCUT2D eigenvalue weighted by molar-refractivity contribution is -0.121. The van der Waals surface area contributed by atoms with Crippen LogP contribution in [0.2, 0.25) is 0 Å². The molecule has 2 rings (SSSR count). The Balaban J connectivity index is 2.15. The highest BCUT2D eigenvalue weighted by Gasteiger charge is 2.18. The first-order valence-corrected chi connectivity index (χ1v) is 7.65. The Labute approximate surface area is 131 Å². The van der Waals surface area contributed by atoms with Crippen molar-refractivity contribution in [1.82, 2.24) is 10.3 Å². The van der Waals surface area contributed by atoms with E-state index in [4.69, 9.17) is 4.42 Å². The maximum atomic E-state index is 12.0. The molecule has 0 aliphatic carbocycles. The molecule has 0 saturated carbocycles. The number of aryl methyl sites for hydroxylation is 2. The van der Waals surface area contributed by atoms with Crippen LogP contribution in [0.5, 0.6) is 0 Å². The summed E-state index contributed by atoms with van der Waals surface area (Å²) < 4.78 is 5.71. The van der Waals surface area contributed by atoms with E-state index in [-0.39, 0.29) is 17.9 Å². The molecule has 0 unspecified atom stereocenters. The van der Waals surface area contributed by atoms with Crippen LogP contribution in [0.25, 0.3) is 11.5 Å². The van der Waals surface area contributed by atoms with E-state index >= 15 is 0 Å². The molecule has 1 N–H and O–H groups in total. The highest BCUT2D eigenvalue weighted by Crippen LogP contribution is 2.22. The Morgan fingerprint density at radius 3 is 2.41 bits per heavy atom. The Kier molecular flexibility index (Phi) is 4.69. The highest BCUT2D eigenvalue weighted by atomic mass is 16.4. The molecule has 1 aromatic carbocycles. The minimum Gasteiger partial charge on any atom is -0.441 e. The lowest BCUT2D eigenvalue weighted by atomic mass is 10.1. The van der Waals surface area contributed by atoms with Crippen LogP contribution in [-0.2, 0) is 17.6 Å². The number of nitrogens with one attached hydrogen (secondary N) is 1. The molecule has 0 fully saturated rings. The zero-order chi connectivity index (χ0) is 16.3. The fourth-order valence-corrected chi connectivity index (χ4v) is 2.21. The summed E-state index contributed by atoms with van der Waals surface area (Å²) in [4.78, 5) is 16.5. The van der Waals surface area contributed by atoms with Crippen molar-refractivity contribution >= 4 is 5.91 Å². The molecule has 0 aliphatic rings. The number of hydrogen-bond acceptors (Lipinski definition) is 3. The van der Waals surface area contributed by atoms with E-state index < -0.39 is 0 Å². The summed E-state index contributed by atoms with van der Waals surface area (Å²) in [7, 11) is 0. The molecular weight excluding hydrogens is 276 g/mol. The number of carbonyl (C=O) groups excluding carboxylic acids is 1. The van der Waals surface area contributed by atoms with Crippen LogP contribution in [0.15, 0.2) is 28.7 Å². The van der Waals surface area contributed by atoms with Gasteiger partial charge in [0.15, 0.2) is 0 Å². The zero-order valence-electron chi connectivity index (χ0n) is 14.0. The van der Waals surface area contributed by atoms with Crippen molar-refractivity contribution in [2.24, 2.45) is 0 Å². The third-order valence-electron chi connectivity index (χ3n) is 3.34. The van der Waals surface area contributed by atoms with Crippen molar-refractivity contribution in [2.45, 2.75) is 53.0 Å². The van der Waals surface area contributed by atoms with Gasteiger partial charge in [-0.1, -0.05) is 19.1 Å². The third-order valence-corrected chi connectivity index (χ3v) is 3.34. The average molecular weight is 300 g/mol. The van der Waals surface area contributed by atoms with Gasteiger partial charge in [0.2, 0.25) is 11.8 Å². The van der Waals surface area contributed by atoms with Gasteiger partial charge in [-0.2, -0.15) is 0 Å². The summed E-state index contributed by atoms with van der Waals surface area (Å²) in [6.07, 6.45) is 1.24. The molecule has 22 heavy (non-hydrogen) atoms. The molecule has 0 spiro atoms. The van der Waals surface area contributed by atoms with Gasteiger partial charge < -0.3 is 9.73 Å². The number of benzene rings is 1. The molecule has 2 aromatic rings. The van der Waals surface area contributed by atoms with Crippen molar-refractivity contribution in [3.05, 3.63) is 41.3 Å². The van der Waals surface area contributed by atoms with Crippen LogP contribution < -0.4 is 5.32 Å². The zero-order valence-corrected chi connectivity index (χ0v) is 14.0. The Morgan fingerprint density at radius 2 is 1.86 bits per heavy atom. The average Bonchev–Trinajstić information content (AvgIpc) is 2.78. The minimum atomic E-state index is -0.243. The largest absolute Gasteiger partial charge is 0.441 e. The first kappa shape index (κ1) is 16.3. The van der Waals surface area contributed by atoms with Gasteiger partial charge in [-0.05, 0) is 51.8 Å². The van der Waals surface area contributed by atoms with Crippen molar-refractivity contribution in [2.75, 3.05) is 0 Å². The lowest BCUT2D eigenvalue weighted by Crippen LogP contribution is -2.41. The Hall–Kier alpha value is -2.10. The van der Waals surface area contributed by atoms with Gasteiger partial charge in [0.25, 0.3) is 0 Å². The molecule has 0 saturated heterocycles. The predicted octanol–water partition coefficient (Wildman–Crippen LogP) is 3.67. The van der Waals surface area contributed by atoms with E-state index in [2.05, 4.69) is 29.4 Å². The van der Waals surface area contributed by atoms with Gasteiger partial charge in [0, 0.05) is 11.1 Å². The number of carbonyl (C=O) groups is 1. The van der Waals surface area contributed by atoms with E-state index in [0.717, 1.165) is 12.0 Å². The SMILES string of the molecule is CCc1ccc(-c2nc(CC(=O)NC(C)(C)C)c(C)o2)cc1. The van der Waals surface area contributed by atoms with Gasteiger partial charge in [0.1, 0.15) is 5.76 Å². The summed E-state index contributed by atoms with van der Waals surface area (Å²) in [5, 5.41) is 2.94. The van der Waals surface area contributed by atoms with Crippen LogP contribution >= 0.6 is 0 Å². The summed E-state index contributed by atoms with van der Waals surface area (Å²) in [6, 6.07) is 8.15. The molecule has 4 heteroatoms. The summed E-state index contributed by atoms with van der Waals surface area (Å²) in [5.41, 5.74) is 2.66. The topological polar surface area (TPSA) is 55.1 Å². The fraction of sp³-hybridized carbons (Fsp3) is 0.444. The van der Waals surface area contributed by atoms with Crippen LogP contribution in [-0.4, -0.2) is 16.4 Å². The first-order chi connectivity index (χ1) is 10.3. The van der Waals surface area contributed by atoms with Gasteiger partial charge in [-0.15, -0.1) is 0 Å². The molecule has 0 bridgehead atoms. The van der Waals surface area contributed by atoms with Crippen molar-refractivity contribution in [1.29, 1.82) is 0 Å². The first-order valence-electron chi connectivity index (χ1n) is 7.65. The van der Waals surface area contributed by atoms with Crippen molar-refractivity contribution in [3.8, 4) is 11.5 Å². The van der Waals surface area contributed by atoms with Crippen LogP contribution in [0, 0.1) is 6.92 Å². The predicted molar refractivity (Wildman–Crippen MR) is 87.7 cm³/mol. The summed E-state index contributed by atoms with van der Waals surface area (Å²) in [6.45, 7) is 9.84. The smallest absolute Gasteiger partial charge is 0.226 e. The second-order valence-corrected chi connectivity index (χ2v) is 6.55. The normalized spacial score (nSPS) is 11.5. The lowest BCUT2D eigenvalue weighted by Gasteiger charge is -2.20. The van der Waals surface area contributed by atoms with Gasteiger partial charge in [-0.3, -0.25) is 4.79 Å². The second kappa shape index (κ2) is 6.34. The number of hydrogen-bond donors (Lipinski definition) is 1. The number of nitrogens with zero attached hydrogens (tertiary/aromatic N) is 1. The second-order valence-electron chi connectivity index (χ2n) is 6.55. The monoisotopic (exact) mass is 300 g/mol. The fourth-order valence-electron chi connectivity index (χ4n) is 2.21. The molecule has 118 valence electrons. The maximum absolute atomic E-state index is 12.0. The van der Waals surface area contributed by atoms with E-state index in [1.165, 1.54) is 5.56 Å². The van der Waals surface area contributed by atoms with Gasteiger partial charge >= 0.3 is 0 Å². The molecule has 4 nitrogen and oxygen atoms in total. The van der Waals surface area contributed by atoms with Gasteiger partial charge in [-0.25, -0.2) is 4.98 Å².